The van der Waals surface area contributed by atoms with Crippen LogP contribution >= 0.6 is 21.6 Å². The monoisotopic (exact) mass is 408 g/mol. The molecule has 2 amide bonds. The van der Waals surface area contributed by atoms with Crippen molar-refractivity contribution >= 4 is 45.3 Å². The number of hydrogen-bond donors (Lipinski definition) is 1. The second-order valence-electron chi connectivity index (χ2n) is 5.43. The van der Waals surface area contributed by atoms with Gasteiger partial charge in [-0.25, -0.2) is 4.79 Å². The first-order valence-corrected chi connectivity index (χ1v) is 10.9. The maximum atomic E-state index is 12.2. The van der Waals surface area contributed by atoms with Crippen molar-refractivity contribution in [3.05, 3.63) is 0 Å². The topological polar surface area (TPSA) is 116 Å². The third-order valence-corrected chi connectivity index (χ3v) is 5.45. The van der Waals surface area contributed by atoms with E-state index in [0.29, 0.717) is 19.4 Å². The fourth-order valence-corrected chi connectivity index (χ4v) is 4.11. The number of nitrogens with two attached hydrogens (primary N) is 1. The van der Waals surface area contributed by atoms with Crippen molar-refractivity contribution in [2.24, 2.45) is 5.73 Å². The number of hydrogen-bond acceptors (Lipinski definition) is 9. The Bertz CT molecular complexity index is 475. The van der Waals surface area contributed by atoms with Gasteiger partial charge in [-0.1, -0.05) is 35.4 Å². The molecule has 150 valence electrons. The van der Waals surface area contributed by atoms with Gasteiger partial charge < -0.3 is 15.2 Å². The van der Waals surface area contributed by atoms with Crippen LogP contribution in [0.25, 0.3) is 0 Å². The summed E-state index contributed by atoms with van der Waals surface area (Å²) in [5, 5.41) is 0. The van der Waals surface area contributed by atoms with Crippen LogP contribution in [0, 0.1) is 0 Å². The highest BCUT2D eigenvalue weighted by Crippen LogP contribution is 2.25. The van der Waals surface area contributed by atoms with Crippen molar-refractivity contribution in [1.82, 2.24) is 4.90 Å². The number of esters is 2. The molecule has 8 nitrogen and oxygen atoms in total. The Balaban J connectivity index is 4.68. The van der Waals surface area contributed by atoms with E-state index in [1.807, 2.05) is 13.8 Å². The smallest absolute Gasteiger partial charge is 0.330 e. The lowest BCUT2D eigenvalue weighted by atomic mass is 10.2. The molecule has 0 aromatic rings. The number of imide groups is 1. The van der Waals surface area contributed by atoms with Crippen LogP contribution in [0.2, 0.25) is 0 Å². The van der Waals surface area contributed by atoms with Crippen LogP contribution in [0.1, 0.15) is 40.5 Å². The number of amides is 2. The molecule has 0 radical (unpaired) electrons. The molecule has 2 N–H and O–H groups in total. The van der Waals surface area contributed by atoms with E-state index in [2.05, 4.69) is 0 Å². The van der Waals surface area contributed by atoms with Crippen molar-refractivity contribution < 1.29 is 28.7 Å². The predicted octanol–water partition coefficient (Wildman–Crippen LogP) is 1.37. The zero-order valence-electron chi connectivity index (χ0n) is 15.7. The van der Waals surface area contributed by atoms with Gasteiger partial charge in [-0.15, -0.1) is 0 Å². The summed E-state index contributed by atoms with van der Waals surface area (Å²) in [5.41, 5.74) is 5.74. The molecule has 0 aromatic heterocycles. The quantitative estimate of drug-likeness (QED) is 0.290. The Morgan fingerprint density at radius 1 is 0.885 bits per heavy atom. The van der Waals surface area contributed by atoms with Gasteiger partial charge in [0.25, 0.3) is 0 Å². The highest BCUT2D eigenvalue weighted by Gasteiger charge is 2.32. The molecule has 0 fully saturated rings. The highest BCUT2D eigenvalue weighted by molar-refractivity contribution is 8.76. The molecule has 10 heteroatoms. The molecular formula is C16H28N2O6S2. The summed E-state index contributed by atoms with van der Waals surface area (Å²) in [4.78, 5) is 48.2. The van der Waals surface area contributed by atoms with E-state index in [-0.39, 0.29) is 18.1 Å². The molecule has 0 heterocycles. The van der Waals surface area contributed by atoms with Gasteiger partial charge in [0, 0.05) is 25.4 Å². The van der Waals surface area contributed by atoms with Crippen LogP contribution in [0.15, 0.2) is 0 Å². The lowest BCUT2D eigenvalue weighted by molar-refractivity contribution is -0.159. The zero-order valence-corrected chi connectivity index (χ0v) is 17.3. The second-order valence-corrected chi connectivity index (χ2v) is 7.99. The minimum Gasteiger partial charge on any atom is -0.465 e. The van der Waals surface area contributed by atoms with Crippen LogP contribution in [-0.2, 0) is 28.7 Å². The lowest BCUT2D eigenvalue weighted by Crippen LogP contribution is -2.49. The number of rotatable bonds is 12. The van der Waals surface area contributed by atoms with Crippen LogP contribution in [0.5, 0.6) is 0 Å². The Kier molecular flexibility index (Phi) is 13.2. The Hall–Kier alpha value is -1.26. The molecule has 26 heavy (non-hydrogen) atoms. The first-order chi connectivity index (χ1) is 12.3. The summed E-state index contributed by atoms with van der Waals surface area (Å²) in [5.74, 6) is -1.74. The fourth-order valence-electron chi connectivity index (χ4n) is 1.82. The molecule has 0 spiro atoms. The van der Waals surface area contributed by atoms with Crippen molar-refractivity contribution in [3.8, 4) is 0 Å². The fraction of sp³-hybridized carbons (Fsp3) is 0.750. The Labute approximate surface area is 162 Å². The normalized spacial score (nSPS) is 12.8. The van der Waals surface area contributed by atoms with E-state index in [1.54, 1.807) is 0 Å². The average Bonchev–Trinajstić information content (AvgIpc) is 2.58. The van der Waals surface area contributed by atoms with Crippen LogP contribution in [-0.4, -0.2) is 65.5 Å². The van der Waals surface area contributed by atoms with Crippen LogP contribution in [0.3, 0.4) is 0 Å². The van der Waals surface area contributed by atoms with Gasteiger partial charge >= 0.3 is 11.9 Å². The Morgan fingerprint density at radius 3 is 1.81 bits per heavy atom. The van der Waals surface area contributed by atoms with Crippen molar-refractivity contribution in [3.63, 3.8) is 0 Å². The van der Waals surface area contributed by atoms with Crippen LogP contribution < -0.4 is 5.73 Å². The number of carbonyl (C=O) groups is 4. The van der Waals surface area contributed by atoms with Gasteiger partial charge in [0.1, 0.15) is 12.1 Å². The summed E-state index contributed by atoms with van der Waals surface area (Å²) in [7, 11) is 2.51. The van der Waals surface area contributed by atoms with E-state index in [1.165, 1.54) is 35.4 Å². The molecule has 0 unspecified atom stereocenters. The lowest BCUT2D eigenvalue weighted by Gasteiger charge is -2.26. The summed E-state index contributed by atoms with van der Waals surface area (Å²) in [6, 6.07) is -1.79. The summed E-state index contributed by atoms with van der Waals surface area (Å²) in [6.07, 6.45) is 1.35. The standard InChI is InChI=1S/C16H28N2O6S2/c1-5-7-23-15(21)13(17)9-25-26-10-14(16(22)24-8-6-2)18(11(3)19)12(4)20/h13-14H,5-10,17H2,1-4H3/t13-,14-/m0/s1. The molecule has 0 aromatic carbocycles. The molecule has 2 atom stereocenters. The van der Waals surface area contributed by atoms with Gasteiger partial charge in [-0.3, -0.25) is 19.3 Å². The molecule has 0 aliphatic heterocycles. The minimum absolute atomic E-state index is 0.142. The molecule has 0 saturated heterocycles. The Morgan fingerprint density at radius 2 is 1.35 bits per heavy atom. The summed E-state index contributed by atoms with van der Waals surface area (Å²) in [6.45, 7) is 6.71. The SMILES string of the molecule is CCCOC(=O)[C@@H](N)CSSC[C@@H](C(=O)OCCC)N(C(C)=O)C(C)=O. The van der Waals surface area contributed by atoms with E-state index in [0.717, 1.165) is 4.90 Å². The minimum atomic E-state index is -1.02. The van der Waals surface area contributed by atoms with Crippen molar-refractivity contribution in [1.29, 1.82) is 0 Å². The first-order valence-electron chi connectivity index (χ1n) is 8.39. The van der Waals surface area contributed by atoms with Crippen molar-refractivity contribution in [2.75, 3.05) is 24.7 Å². The largest absolute Gasteiger partial charge is 0.465 e. The van der Waals surface area contributed by atoms with Gasteiger partial charge in [-0.05, 0) is 12.8 Å². The molecule has 0 aliphatic rings. The third-order valence-electron chi connectivity index (χ3n) is 3.02. The maximum absolute atomic E-state index is 12.2. The van der Waals surface area contributed by atoms with Gasteiger partial charge in [0.15, 0.2) is 0 Å². The molecule has 0 rings (SSSR count). The second kappa shape index (κ2) is 13.9. The molecular weight excluding hydrogens is 380 g/mol. The predicted molar refractivity (Wildman–Crippen MR) is 102 cm³/mol. The zero-order chi connectivity index (χ0) is 20.1. The van der Waals surface area contributed by atoms with E-state index < -0.39 is 35.8 Å². The van der Waals surface area contributed by atoms with E-state index in [9.17, 15) is 19.2 Å². The highest BCUT2D eigenvalue weighted by atomic mass is 33.1. The first kappa shape index (κ1) is 24.7. The average molecular weight is 409 g/mol. The third kappa shape index (κ3) is 9.44. The van der Waals surface area contributed by atoms with Gasteiger partial charge in [0.05, 0.1) is 13.2 Å². The number of ether oxygens (including phenoxy) is 2. The van der Waals surface area contributed by atoms with Gasteiger partial charge in [-0.2, -0.15) is 0 Å². The molecule has 0 bridgehead atoms. The number of carbonyl (C=O) groups excluding carboxylic acids is 4. The van der Waals surface area contributed by atoms with Gasteiger partial charge in [0.2, 0.25) is 11.8 Å². The maximum Gasteiger partial charge on any atom is 0.330 e. The number of nitrogens with zero attached hydrogens (tertiary/aromatic N) is 1. The van der Waals surface area contributed by atoms with Crippen LogP contribution in [0.4, 0.5) is 0 Å². The van der Waals surface area contributed by atoms with Crippen molar-refractivity contribution in [2.45, 2.75) is 52.6 Å². The molecule has 0 aliphatic carbocycles. The van der Waals surface area contributed by atoms with E-state index >= 15 is 0 Å². The summed E-state index contributed by atoms with van der Waals surface area (Å²) < 4.78 is 10.0. The summed E-state index contributed by atoms with van der Waals surface area (Å²) >= 11 is 0. The van der Waals surface area contributed by atoms with E-state index in [4.69, 9.17) is 15.2 Å². The molecule has 0 saturated carbocycles.